The van der Waals surface area contributed by atoms with Gasteiger partial charge in [0.15, 0.2) is 0 Å². The highest BCUT2D eigenvalue weighted by atomic mass is 16.5. The molecule has 2 aromatic carbocycles. The van der Waals surface area contributed by atoms with Gasteiger partial charge in [0.2, 0.25) is 0 Å². The van der Waals surface area contributed by atoms with Gasteiger partial charge in [-0.2, -0.15) is 0 Å². The third-order valence-corrected chi connectivity index (χ3v) is 4.05. The summed E-state index contributed by atoms with van der Waals surface area (Å²) >= 11 is 0. The summed E-state index contributed by atoms with van der Waals surface area (Å²) in [6, 6.07) is 18.9. The predicted molar refractivity (Wildman–Crippen MR) is 93.5 cm³/mol. The van der Waals surface area contributed by atoms with Crippen LogP contribution in [0.1, 0.15) is 49.7 Å². The number of ether oxygens (including phenoxy) is 1. The minimum atomic E-state index is 0.423. The van der Waals surface area contributed by atoms with Crippen LogP contribution in [-0.4, -0.2) is 13.2 Å². The Balaban J connectivity index is 1.80. The molecule has 2 heteroatoms. The Labute approximate surface area is 134 Å². The van der Waals surface area contributed by atoms with Crippen molar-refractivity contribution in [2.24, 2.45) is 5.73 Å². The summed E-state index contributed by atoms with van der Waals surface area (Å²) in [6.45, 7) is 5.83. The summed E-state index contributed by atoms with van der Waals surface area (Å²) in [6.07, 6.45) is 2.08. The Kier molecular flexibility index (Phi) is 6.47. The van der Waals surface area contributed by atoms with E-state index in [9.17, 15) is 0 Å². The highest BCUT2D eigenvalue weighted by molar-refractivity contribution is 5.30. The van der Waals surface area contributed by atoms with Crippen molar-refractivity contribution in [1.82, 2.24) is 0 Å². The monoisotopic (exact) mass is 297 g/mol. The zero-order valence-electron chi connectivity index (χ0n) is 13.7. The second-order valence-electron chi connectivity index (χ2n) is 6.06. The van der Waals surface area contributed by atoms with Crippen LogP contribution in [0, 0.1) is 0 Å². The largest absolute Gasteiger partial charge is 0.494 e. The van der Waals surface area contributed by atoms with E-state index in [1.165, 1.54) is 11.1 Å². The number of nitrogens with two attached hydrogens (primary N) is 1. The Morgan fingerprint density at radius 1 is 0.955 bits per heavy atom. The van der Waals surface area contributed by atoms with Crippen molar-refractivity contribution in [3.8, 4) is 5.75 Å². The third kappa shape index (κ3) is 4.88. The SMILES string of the molecule is CC(C)c1cccc(OCCCC(CN)c2ccccc2)c1. The summed E-state index contributed by atoms with van der Waals surface area (Å²) in [4.78, 5) is 0. The molecule has 0 saturated carbocycles. The lowest BCUT2D eigenvalue weighted by atomic mass is 9.95. The average Bonchev–Trinajstić information content (AvgIpc) is 2.56. The van der Waals surface area contributed by atoms with Gasteiger partial charge in [-0.15, -0.1) is 0 Å². The Hall–Kier alpha value is -1.80. The molecule has 1 unspecified atom stereocenters. The molecule has 0 radical (unpaired) electrons. The van der Waals surface area contributed by atoms with E-state index < -0.39 is 0 Å². The quantitative estimate of drug-likeness (QED) is 0.716. The Morgan fingerprint density at radius 3 is 2.36 bits per heavy atom. The maximum atomic E-state index is 5.91. The molecule has 0 heterocycles. The van der Waals surface area contributed by atoms with E-state index in [2.05, 4.69) is 56.3 Å². The van der Waals surface area contributed by atoms with Gasteiger partial charge in [0.25, 0.3) is 0 Å². The van der Waals surface area contributed by atoms with E-state index in [1.807, 2.05) is 12.1 Å². The Morgan fingerprint density at radius 2 is 1.68 bits per heavy atom. The van der Waals surface area contributed by atoms with Crippen LogP contribution in [0.15, 0.2) is 54.6 Å². The lowest BCUT2D eigenvalue weighted by Gasteiger charge is -2.15. The highest BCUT2D eigenvalue weighted by Gasteiger charge is 2.09. The van der Waals surface area contributed by atoms with E-state index in [1.54, 1.807) is 0 Å². The van der Waals surface area contributed by atoms with Crippen LogP contribution in [0.25, 0.3) is 0 Å². The van der Waals surface area contributed by atoms with Crippen LogP contribution in [0.5, 0.6) is 5.75 Å². The van der Waals surface area contributed by atoms with Gasteiger partial charge in [-0.1, -0.05) is 56.3 Å². The highest BCUT2D eigenvalue weighted by Crippen LogP contribution is 2.22. The van der Waals surface area contributed by atoms with E-state index in [4.69, 9.17) is 10.5 Å². The maximum absolute atomic E-state index is 5.91. The van der Waals surface area contributed by atoms with Gasteiger partial charge in [-0.05, 0) is 54.5 Å². The molecule has 2 rings (SSSR count). The topological polar surface area (TPSA) is 35.2 Å². The van der Waals surface area contributed by atoms with Crippen molar-refractivity contribution in [1.29, 1.82) is 0 Å². The normalized spacial score (nSPS) is 12.4. The van der Waals surface area contributed by atoms with Crippen molar-refractivity contribution >= 4 is 0 Å². The van der Waals surface area contributed by atoms with Crippen LogP contribution in [-0.2, 0) is 0 Å². The molecule has 22 heavy (non-hydrogen) atoms. The minimum Gasteiger partial charge on any atom is -0.494 e. The second kappa shape index (κ2) is 8.60. The summed E-state index contributed by atoms with van der Waals surface area (Å²) in [5, 5.41) is 0. The summed E-state index contributed by atoms with van der Waals surface area (Å²) < 4.78 is 5.89. The molecule has 1 atom stereocenters. The second-order valence-corrected chi connectivity index (χ2v) is 6.06. The van der Waals surface area contributed by atoms with E-state index in [-0.39, 0.29) is 0 Å². The molecule has 0 aliphatic rings. The summed E-state index contributed by atoms with van der Waals surface area (Å²) in [5.74, 6) is 1.92. The van der Waals surface area contributed by atoms with Gasteiger partial charge < -0.3 is 10.5 Å². The number of hydrogen-bond acceptors (Lipinski definition) is 2. The smallest absolute Gasteiger partial charge is 0.119 e. The van der Waals surface area contributed by atoms with Crippen molar-refractivity contribution in [2.45, 2.75) is 38.5 Å². The average molecular weight is 297 g/mol. The third-order valence-electron chi connectivity index (χ3n) is 4.05. The number of rotatable bonds is 8. The van der Waals surface area contributed by atoms with E-state index in [0.29, 0.717) is 18.4 Å². The fourth-order valence-corrected chi connectivity index (χ4v) is 2.63. The summed E-state index contributed by atoms with van der Waals surface area (Å²) in [7, 11) is 0. The Bertz CT molecular complexity index is 551. The van der Waals surface area contributed by atoms with Crippen LogP contribution >= 0.6 is 0 Å². The van der Waals surface area contributed by atoms with Crippen LogP contribution in [0.3, 0.4) is 0 Å². The first-order valence-corrected chi connectivity index (χ1v) is 8.18. The molecule has 0 saturated heterocycles. The zero-order valence-corrected chi connectivity index (χ0v) is 13.7. The lowest BCUT2D eigenvalue weighted by molar-refractivity contribution is 0.301. The molecule has 2 N–H and O–H groups in total. The molecule has 2 aromatic rings. The summed E-state index contributed by atoms with van der Waals surface area (Å²) in [5.41, 5.74) is 8.56. The first-order valence-electron chi connectivity index (χ1n) is 8.18. The van der Waals surface area contributed by atoms with Crippen LogP contribution < -0.4 is 10.5 Å². The molecular formula is C20H27NO. The lowest BCUT2D eigenvalue weighted by Crippen LogP contribution is -2.13. The van der Waals surface area contributed by atoms with Crippen molar-refractivity contribution < 1.29 is 4.74 Å². The fourth-order valence-electron chi connectivity index (χ4n) is 2.63. The number of hydrogen-bond donors (Lipinski definition) is 1. The van der Waals surface area contributed by atoms with Gasteiger partial charge in [-0.3, -0.25) is 0 Å². The van der Waals surface area contributed by atoms with Crippen molar-refractivity contribution in [3.05, 3.63) is 65.7 Å². The maximum Gasteiger partial charge on any atom is 0.119 e. The molecular weight excluding hydrogens is 270 g/mol. The van der Waals surface area contributed by atoms with E-state index in [0.717, 1.165) is 25.2 Å². The molecule has 0 fully saturated rings. The first kappa shape index (κ1) is 16.6. The van der Waals surface area contributed by atoms with Crippen molar-refractivity contribution in [2.75, 3.05) is 13.2 Å². The first-order chi connectivity index (χ1) is 10.7. The molecule has 2 nitrogen and oxygen atoms in total. The molecule has 0 aliphatic carbocycles. The van der Waals surface area contributed by atoms with Gasteiger partial charge in [0, 0.05) is 0 Å². The van der Waals surface area contributed by atoms with Crippen LogP contribution in [0.4, 0.5) is 0 Å². The molecule has 0 amide bonds. The molecule has 0 aromatic heterocycles. The number of benzene rings is 2. The zero-order chi connectivity index (χ0) is 15.8. The fraction of sp³-hybridized carbons (Fsp3) is 0.400. The molecule has 118 valence electrons. The van der Waals surface area contributed by atoms with Crippen LogP contribution in [0.2, 0.25) is 0 Å². The van der Waals surface area contributed by atoms with Gasteiger partial charge in [0.1, 0.15) is 5.75 Å². The molecule has 0 aliphatic heterocycles. The van der Waals surface area contributed by atoms with Gasteiger partial charge in [-0.25, -0.2) is 0 Å². The standard InChI is InChI=1S/C20H27NO/c1-16(2)18-10-6-12-20(14-18)22-13-7-11-19(15-21)17-8-4-3-5-9-17/h3-6,8-10,12,14,16,19H,7,11,13,15,21H2,1-2H3. The van der Waals surface area contributed by atoms with E-state index >= 15 is 0 Å². The predicted octanol–water partition coefficient (Wildman–Crippen LogP) is 4.71. The molecule has 0 spiro atoms. The van der Waals surface area contributed by atoms with Gasteiger partial charge >= 0.3 is 0 Å². The van der Waals surface area contributed by atoms with Gasteiger partial charge in [0.05, 0.1) is 6.61 Å². The molecule has 0 bridgehead atoms. The van der Waals surface area contributed by atoms with Crippen molar-refractivity contribution in [3.63, 3.8) is 0 Å². The minimum absolute atomic E-state index is 0.423.